The number of aliphatic carboxylic acids is 1. The molecule has 7 heteroatoms. The Morgan fingerprint density at radius 1 is 1.00 bits per heavy atom. The summed E-state index contributed by atoms with van der Waals surface area (Å²) in [6.07, 6.45) is -0.389. The largest absolute Gasteiger partial charge is 0.478 e. The third-order valence-corrected chi connectivity index (χ3v) is 3.50. The Morgan fingerprint density at radius 3 is 2.24 bits per heavy atom. The highest BCUT2D eigenvalue weighted by molar-refractivity contribution is 5.90. The van der Waals surface area contributed by atoms with E-state index in [-0.39, 0.29) is 36.8 Å². The Hall–Kier alpha value is -1.70. The van der Waals surface area contributed by atoms with Crippen molar-refractivity contribution in [2.45, 2.75) is 50.1 Å². The maximum Gasteiger partial charge on any atom is 0.334 e. The van der Waals surface area contributed by atoms with Crippen molar-refractivity contribution in [3.63, 3.8) is 0 Å². The molecule has 4 unspecified atom stereocenters. The number of hydrogen-bond acceptors (Lipinski definition) is 6. The highest BCUT2D eigenvalue weighted by Gasteiger charge is 2.29. The molecule has 2 rings (SSSR count). The van der Waals surface area contributed by atoms with Gasteiger partial charge in [-0.3, -0.25) is 0 Å². The van der Waals surface area contributed by atoms with Crippen LogP contribution in [-0.4, -0.2) is 56.8 Å². The summed E-state index contributed by atoms with van der Waals surface area (Å²) in [6, 6.07) is 0. The molecule has 0 saturated carbocycles. The van der Waals surface area contributed by atoms with E-state index < -0.39 is 36.4 Å². The highest BCUT2D eigenvalue weighted by Crippen LogP contribution is 2.24. The molecule has 0 aliphatic heterocycles. The molecule has 0 bridgehead atoms. The number of rotatable bonds is 3. The number of carboxylic acid groups (broad SMARTS) is 1. The van der Waals surface area contributed by atoms with Gasteiger partial charge in [-0.1, -0.05) is 0 Å². The first-order chi connectivity index (χ1) is 9.85. The van der Waals surface area contributed by atoms with Crippen LogP contribution in [0.15, 0.2) is 23.3 Å². The monoisotopic (exact) mass is 298 g/mol. The summed E-state index contributed by atoms with van der Waals surface area (Å²) >= 11 is 0. The van der Waals surface area contributed by atoms with E-state index in [2.05, 4.69) is 0 Å². The van der Waals surface area contributed by atoms with Crippen LogP contribution in [0.3, 0.4) is 0 Å². The molecule has 4 atom stereocenters. The maximum absolute atomic E-state index is 12.0. The van der Waals surface area contributed by atoms with Gasteiger partial charge in [0.1, 0.15) is 6.10 Å². The van der Waals surface area contributed by atoms with E-state index in [4.69, 9.17) is 9.84 Å². The van der Waals surface area contributed by atoms with Crippen LogP contribution in [0.25, 0.3) is 0 Å². The van der Waals surface area contributed by atoms with Gasteiger partial charge in [0.05, 0.1) is 18.3 Å². The molecule has 0 fully saturated rings. The zero-order valence-electron chi connectivity index (χ0n) is 11.3. The molecule has 7 nitrogen and oxygen atoms in total. The fourth-order valence-electron chi connectivity index (χ4n) is 2.56. The SMILES string of the molecule is O=C(O)C1=CC(OC(=O)C2=CC(O)CC(O)C2)CC(O)C1. The lowest BCUT2D eigenvalue weighted by molar-refractivity contribution is -0.145. The summed E-state index contributed by atoms with van der Waals surface area (Å²) in [4.78, 5) is 22.9. The molecule has 0 amide bonds. The van der Waals surface area contributed by atoms with Crippen molar-refractivity contribution < 1.29 is 34.8 Å². The summed E-state index contributed by atoms with van der Waals surface area (Å²) < 4.78 is 5.15. The number of ether oxygens (including phenoxy) is 1. The Balaban J connectivity index is 2.05. The van der Waals surface area contributed by atoms with Crippen LogP contribution in [0.1, 0.15) is 25.7 Å². The Morgan fingerprint density at radius 2 is 1.62 bits per heavy atom. The first-order valence-electron chi connectivity index (χ1n) is 6.75. The van der Waals surface area contributed by atoms with E-state index in [1.54, 1.807) is 0 Å². The molecule has 21 heavy (non-hydrogen) atoms. The minimum atomic E-state index is -1.16. The van der Waals surface area contributed by atoms with Crippen LogP contribution in [0.2, 0.25) is 0 Å². The lowest BCUT2D eigenvalue weighted by Crippen LogP contribution is -2.31. The third-order valence-electron chi connectivity index (χ3n) is 3.50. The van der Waals surface area contributed by atoms with E-state index in [9.17, 15) is 24.9 Å². The lowest BCUT2D eigenvalue weighted by atomic mass is 9.93. The van der Waals surface area contributed by atoms with E-state index in [1.165, 1.54) is 12.2 Å². The molecule has 0 radical (unpaired) electrons. The Labute approximate surface area is 121 Å². The van der Waals surface area contributed by atoms with Gasteiger partial charge in [-0.15, -0.1) is 0 Å². The minimum Gasteiger partial charge on any atom is -0.478 e. The van der Waals surface area contributed by atoms with Gasteiger partial charge >= 0.3 is 11.9 Å². The second-order valence-corrected chi connectivity index (χ2v) is 5.39. The topological polar surface area (TPSA) is 124 Å². The summed E-state index contributed by atoms with van der Waals surface area (Å²) in [5.74, 6) is -1.87. The minimum absolute atomic E-state index is 0.00393. The smallest absolute Gasteiger partial charge is 0.334 e. The Bertz CT molecular complexity index is 494. The van der Waals surface area contributed by atoms with Crippen LogP contribution in [0, 0.1) is 0 Å². The normalized spacial score (nSPS) is 32.9. The molecule has 0 heterocycles. The van der Waals surface area contributed by atoms with Crippen LogP contribution in [0.4, 0.5) is 0 Å². The van der Waals surface area contributed by atoms with Gasteiger partial charge in [0.2, 0.25) is 0 Å². The number of aliphatic hydroxyl groups excluding tert-OH is 3. The predicted molar refractivity (Wildman–Crippen MR) is 70.2 cm³/mol. The lowest BCUT2D eigenvalue weighted by Gasteiger charge is -2.26. The Kier molecular flexibility index (Phi) is 4.76. The summed E-state index contributed by atoms with van der Waals surface area (Å²) in [5, 5.41) is 37.6. The predicted octanol–water partition coefficient (Wildman–Crippen LogP) is -0.494. The summed E-state index contributed by atoms with van der Waals surface area (Å²) in [6.45, 7) is 0. The van der Waals surface area contributed by atoms with Crippen molar-refractivity contribution in [2.75, 3.05) is 0 Å². The molecule has 4 N–H and O–H groups in total. The fraction of sp³-hybridized carbons (Fsp3) is 0.571. The molecule has 0 saturated heterocycles. The second-order valence-electron chi connectivity index (χ2n) is 5.39. The summed E-state index contributed by atoms with van der Waals surface area (Å²) in [5.41, 5.74) is 0.163. The standard InChI is InChI=1S/C14H18O7/c15-9-2-8(3-10(16)5-9)14(20)21-12-4-7(13(18)19)1-11(17)6-12/h2,4,9-12,15-17H,1,3,5-6H2,(H,18,19). The van der Waals surface area contributed by atoms with Crippen LogP contribution in [-0.2, 0) is 14.3 Å². The van der Waals surface area contributed by atoms with Gasteiger partial charge in [0.15, 0.2) is 0 Å². The number of carboxylic acids is 1. The molecule has 116 valence electrons. The van der Waals surface area contributed by atoms with Crippen molar-refractivity contribution in [1.82, 2.24) is 0 Å². The van der Waals surface area contributed by atoms with E-state index >= 15 is 0 Å². The molecule has 0 aromatic heterocycles. The van der Waals surface area contributed by atoms with E-state index in [0.717, 1.165) is 0 Å². The first-order valence-corrected chi connectivity index (χ1v) is 6.75. The summed E-state index contributed by atoms with van der Waals surface area (Å²) in [7, 11) is 0. The van der Waals surface area contributed by atoms with Gasteiger partial charge in [0.25, 0.3) is 0 Å². The molecular formula is C14H18O7. The maximum atomic E-state index is 12.0. The number of hydrogen-bond donors (Lipinski definition) is 4. The number of carbonyl (C=O) groups excluding carboxylic acids is 1. The highest BCUT2D eigenvalue weighted by atomic mass is 16.5. The average Bonchev–Trinajstić information content (AvgIpc) is 2.36. The molecular weight excluding hydrogens is 280 g/mol. The zero-order valence-corrected chi connectivity index (χ0v) is 11.3. The first kappa shape index (κ1) is 15.7. The van der Waals surface area contributed by atoms with Gasteiger partial charge in [0, 0.05) is 36.8 Å². The van der Waals surface area contributed by atoms with Crippen molar-refractivity contribution in [1.29, 1.82) is 0 Å². The van der Waals surface area contributed by atoms with E-state index in [1.807, 2.05) is 0 Å². The van der Waals surface area contributed by atoms with E-state index in [0.29, 0.717) is 0 Å². The third kappa shape index (κ3) is 4.13. The van der Waals surface area contributed by atoms with Crippen LogP contribution in [0.5, 0.6) is 0 Å². The van der Waals surface area contributed by atoms with Crippen molar-refractivity contribution >= 4 is 11.9 Å². The van der Waals surface area contributed by atoms with Crippen molar-refractivity contribution in [3.05, 3.63) is 23.3 Å². The zero-order chi connectivity index (χ0) is 15.6. The van der Waals surface area contributed by atoms with Gasteiger partial charge in [-0.2, -0.15) is 0 Å². The average molecular weight is 298 g/mol. The molecule has 0 aromatic carbocycles. The van der Waals surface area contributed by atoms with Crippen molar-refractivity contribution in [3.8, 4) is 0 Å². The van der Waals surface area contributed by atoms with Gasteiger partial charge in [-0.25, -0.2) is 9.59 Å². The molecule has 0 spiro atoms. The molecule has 0 aromatic rings. The van der Waals surface area contributed by atoms with Crippen LogP contribution >= 0.6 is 0 Å². The van der Waals surface area contributed by atoms with Crippen LogP contribution < -0.4 is 0 Å². The van der Waals surface area contributed by atoms with Gasteiger partial charge < -0.3 is 25.2 Å². The molecule has 2 aliphatic rings. The quantitative estimate of drug-likeness (QED) is 0.518. The second kappa shape index (κ2) is 6.38. The van der Waals surface area contributed by atoms with Crippen molar-refractivity contribution in [2.24, 2.45) is 0 Å². The number of aliphatic hydroxyl groups is 3. The molecule has 2 aliphatic carbocycles. The number of esters is 1. The fourth-order valence-corrected chi connectivity index (χ4v) is 2.56. The van der Waals surface area contributed by atoms with Gasteiger partial charge in [-0.05, 0) is 12.2 Å². The number of carbonyl (C=O) groups is 2.